The van der Waals surface area contributed by atoms with Gasteiger partial charge in [0.25, 0.3) is 0 Å². The van der Waals surface area contributed by atoms with Crippen LogP contribution in [0, 0.1) is 17.3 Å². The monoisotopic (exact) mass is 473 g/mol. The van der Waals surface area contributed by atoms with Crippen LogP contribution in [0.3, 0.4) is 0 Å². The predicted octanol–water partition coefficient (Wildman–Crippen LogP) is 7.31. The Morgan fingerprint density at radius 2 is 1.91 bits per heavy atom. The number of nitrogens with zero attached hydrogens (tertiary/aromatic N) is 1. The molecule has 2 aromatic rings. The van der Waals surface area contributed by atoms with Gasteiger partial charge < -0.3 is 9.84 Å². The zero-order valence-electron chi connectivity index (χ0n) is 19.1. The summed E-state index contributed by atoms with van der Waals surface area (Å²) in [4.78, 5) is 4.92. The average Bonchev–Trinajstić information content (AvgIpc) is 3.25. The van der Waals surface area contributed by atoms with Gasteiger partial charge in [-0.25, -0.2) is 4.99 Å². The maximum Gasteiger partial charge on any atom is 0.190 e. The molecule has 0 amide bonds. The van der Waals surface area contributed by atoms with Gasteiger partial charge in [-0.15, -0.1) is 6.58 Å². The molecule has 1 unspecified atom stereocenters. The van der Waals surface area contributed by atoms with Gasteiger partial charge in [0.2, 0.25) is 0 Å². The zero-order chi connectivity index (χ0) is 23.3. The first-order chi connectivity index (χ1) is 15.2. The molecule has 3 rings (SSSR count). The van der Waals surface area contributed by atoms with Crippen molar-refractivity contribution in [3.8, 4) is 0 Å². The number of aliphatic imine (C=N–C) groups is 1. The molecular formula is C27H33Cl2NO2. The lowest BCUT2D eigenvalue weighted by Gasteiger charge is -2.34. The minimum Gasteiger partial charge on any atom is -0.478 e. The Kier molecular flexibility index (Phi) is 8.43. The van der Waals surface area contributed by atoms with Gasteiger partial charge in [0.1, 0.15) is 6.61 Å². The number of allylic oxidation sites excluding steroid dienone is 1. The molecule has 1 aliphatic heterocycles. The van der Waals surface area contributed by atoms with Crippen molar-refractivity contribution in [2.45, 2.75) is 52.2 Å². The van der Waals surface area contributed by atoms with E-state index in [2.05, 4.69) is 33.4 Å². The molecule has 3 nitrogen and oxygen atoms in total. The fourth-order valence-corrected chi connectivity index (χ4v) is 4.75. The summed E-state index contributed by atoms with van der Waals surface area (Å²) >= 11 is 12.3. The summed E-state index contributed by atoms with van der Waals surface area (Å²) in [5.74, 6) is 1.11. The summed E-state index contributed by atoms with van der Waals surface area (Å²) in [7, 11) is 0. The third kappa shape index (κ3) is 6.15. The van der Waals surface area contributed by atoms with E-state index in [1.54, 1.807) is 0 Å². The zero-order valence-corrected chi connectivity index (χ0v) is 20.6. The van der Waals surface area contributed by atoms with E-state index in [9.17, 15) is 5.11 Å². The van der Waals surface area contributed by atoms with E-state index >= 15 is 0 Å². The average molecular weight is 474 g/mol. The Bertz CT molecular complexity index is 941. The number of halogens is 2. The third-order valence-corrected chi connectivity index (χ3v) is 6.80. The maximum absolute atomic E-state index is 11.4. The maximum atomic E-state index is 11.4. The van der Waals surface area contributed by atoms with Gasteiger partial charge in [-0.2, -0.15) is 0 Å². The summed E-state index contributed by atoms with van der Waals surface area (Å²) in [6.07, 6.45) is 3.34. The van der Waals surface area contributed by atoms with Crippen molar-refractivity contribution < 1.29 is 9.84 Å². The highest BCUT2D eigenvalue weighted by molar-refractivity contribution is 6.30. The molecule has 5 heteroatoms. The normalized spacial score (nSPS) is 19.7. The minimum atomic E-state index is -0.668. The molecule has 1 N–H and O–H groups in total. The molecule has 4 atom stereocenters. The van der Waals surface area contributed by atoms with E-state index < -0.39 is 6.10 Å². The van der Waals surface area contributed by atoms with Crippen molar-refractivity contribution in [1.29, 1.82) is 0 Å². The molecule has 2 aromatic carbocycles. The molecule has 32 heavy (non-hydrogen) atoms. The molecule has 0 spiro atoms. The molecule has 0 aromatic heterocycles. The molecule has 0 aliphatic carbocycles. The first kappa shape index (κ1) is 24.8. The summed E-state index contributed by atoms with van der Waals surface area (Å²) in [6.45, 7) is 11.1. The highest BCUT2D eigenvalue weighted by atomic mass is 35.5. The van der Waals surface area contributed by atoms with Crippen LogP contribution in [0.2, 0.25) is 10.0 Å². The Morgan fingerprint density at radius 1 is 1.19 bits per heavy atom. The predicted molar refractivity (Wildman–Crippen MR) is 135 cm³/mol. The summed E-state index contributed by atoms with van der Waals surface area (Å²) in [5.41, 5.74) is 1.57. The quantitative estimate of drug-likeness (QED) is 0.367. The van der Waals surface area contributed by atoms with Crippen LogP contribution in [0.5, 0.6) is 0 Å². The second-order valence-corrected chi connectivity index (χ2v) is 10.3. The number of aliphatic hydroxyl groups excluding tert-OH is 1. The van der Waals surface area contributed by atoms with Gasteiger partial charge in [-0.05, 0) is 66.5 Å². The number of hydrogen-bond acceptors (Lipinski definition) is 3. The van der Waals surface area contributed by atoms with E-state index in [1.165, 1.54) is 0 Å². The Hall–Kier alpha value is -1.81. The third-order valence-electron chi connectivity index (χ3n) is 6.31. The highest BCUT2D eigenvalue weighted by Gasteiger charge is 2.40. The molecule has 0 bridgehead atoms. The van der Waals surface area contributed by atoms with Crippen LogP contribution in [0.1, 0.15) is 50.8 Å². The lowest BCUT2D eigenvalue weighted by atomic mass is 9.73. The fourth-order valence-electron chi connectivity index (χ4n) is 4.41. The summed E-state index contributed by atoms with van der Waals surface area (Å²) in [6, 6.07) is 15.4. The van der Waals surface area contributed by atoms with E-state index in [0.717, 1.165) is 23.4 Å². The van der Waals surface area contributed by atoms with E-state index in [-0.39, 0.29) is 17.4 Å². The van der Waals surface area contributed by atoms with E-state index in [4.69, 9.17) is 32.9 Å². The van der Waals surface area contributed by atoms with Crippen molar-refractivity contribution in [3.05, 3.63) is 82.4 Å². The van der Waals surface area contributed by atoms with Crippen LogP contribution in [0.25, 0.3) is 0 Å². The smallest absolute Gasteiger partial charge is 0.190 e. The number of aliphatic hydroxyl groups is 1. The molecule has 0 radical (unpaired) electrons. The second kappa shape index (κ2) is 10.9. The number of rotatable bonds is 10. The SMILES string of the molecule is C=CC[C@@](C)(C[C@H](Cc1cccc(Cl)c1)[C@@H](O)c1ccc(Cl)cc1)C1=NC(C(C)C)CO1. The molecule has 0 saturated carbocycles. The largest absolute Gasteiger partial charge is 0.478 e. The lowest BCUT2D eigenvalue weighted by molar-refractivity contribution is 0.0822. The minimum absolute atomic E-state index is 0.0796. The lowest BCUT2D eigenvalue weighted by Crippen LogP contribution is -2.33. The van der Waals surface area contributed by atoms with Crippen LogP contribution < -0.4 is 0 Å². The topological polar surface area (TPSA) is 41.8 Å². The van der Waals surface area contributed by atoms with Gasteiger partial charge in [-0.3, -0.25) is 0 Å². The number of hydrogen-bond donors (Lipinski definition) is 1. The summed E-state index contributed by atoms with van der Waals surface area (Å²) < 4.78 is 6.10. The van der Waals surface area contributed by atoms with Gasteiger partial charge >= 0.3 is 0 Å². The molecule has 1 aliphatic rings. The van der Waals surface area contributed by atoms with Crippen molar-refractivity contribution in [2.75, 3.05) is 6.61 Å². The van der Waals surface area contributed by atoms with Gasteiger partial charge in [0, 0.05) is 15.5 Å². The van der Waals surface area contributed by atoms with Crippen molar-refractivity contribution >= 4 is 29.1 Å². The van der Waals surface area contributed by atoms with Crippen molar-refractivity contribution in [2.24, 2.45) is 22.2 Å². The van der Waals surface area contributed by atoms with Crippen LogP contribution in [0.4, 0.5) is 0 Å². The summed E-state index contributed by atoms with van der Waals surface area (Å²) in [5, 5.41) is 12.8. The second-order valence-electron chi connectivity index (χ2n) is 9.40. The first-order valence-corrected chi connectivity index (χ1v) is 12.0. The van der Waals surface area contributed by atoms with Crippen LogP contribution in [-0.2, 0) is 11.2 Å². The van der Waals surface area contributed by atoms with Crippen LogP contribution in [-0.4, -0.2) is 23.7 Å². The highest BCUT2D eigenvalue weighted by Crippen LogP contribution is 2.41. The molecule has 172 valence electrons. The Morgan fingerprint density at radius 3 is 2.50 bits per heavy atom. The molecule has 1 heterocycles. The Labute approximate surface area is 202 Å². The molecule has 0 fully saturated rings. The molecule has 0 saturated heterocycles. The Balaban J connectivity index is 1.94. The molecular weight excluding hydrogens is 441 g/mol. The number of benzene rings is 2. The number of ether oxygens (including phenoxy) is 1. The van der Waals surface area contributed by atoms with E-state index in [1.807, 2.05) is 48.5 Å². The van der Waals surface area contributed by atoms with Gasteiger partial charge in [0.05, 0.1) is 12.1 Å². The fraction of sp³-hybridized carbons (Fsp3) is 0.444. The van der Waals surface area contributed by atoms with Crippen molar-refractivity contribution in [3.63, 3.8) is 0 Å². The van der Waals surface area contributed by atoms with Crippen LogP contribution in [0.15, 0.2) is 66.2 Å². The standard InChI is InChI=1S/C27H33Cl2NO2/c1-5-13-27(4,26-30-24(17-32-26)18(2)3)16-21(14-19-7-6-8-23(29)15-19)25(31)20-9-11-22(28)12-10-20/h5-12,15,18,21,24-25,31H,1,13-14,16-17H2,2-4H3/t21-,24?,25-,27-/m0/s1. The first-order valence-electron chi connectivity index (χ1n) is 11.2. The van der Waals surface area contributed by atoms with Gasteiger partial charge in [-0.1, -0.05) is 74.3 Å². The van der Waals surface area contributed by atoms with Crippen LogP contribution >= 0.6 is 23.2 Å². The van der Waals surface area contributed by atoms with E-state index in [0.29, 0.717) is 35.4 Å². The van der Waals surface area contributed by atoms with Crippen molar-refractivity contribution in [1.82, 2.24) is 0 Å². The van der Waals surface area contributed by atoms with Gasteiger partial charge in [0.15, 0.2) is 5.90 Å².